The highest BCUT2D eigenvalue weighted by Gasteiger charge is 2.23. The van der Waals surface area contributed by atoms with E-state index in [0.717, 1.165) is 49.2 Å². The number of nitrogens with zero attached hydrogens (tertiary/aromatic N) is 3. The third-order valence-corrected chi connectivity index (χ3v) is 4.10. The van der Waals surface area contributed by atoms with Crippen molar-refractivity contribution in [1.82, 2.24) is 10.3 Å². The van der Waals surface area contributed by atoms with Gasteiger partial charge in [0.1, 0.15) is 5.82 Å². The lowest BCUT2D eigenvalue weighted by molar-refractivity contribution is -0.384. The van der Waals surface area contributed by atoms with Gasteiger partial charge in [-0.15, -0.1) is 0 Å². The summed E-state index contributed by atoms with van der Waals surface area (Å²) in [7, 11) is 0. The van der Waals surface area contributed by atoms with Crippen LogP contribution in [-0.4, -0.2) is 35.6 Å². The Kier molecular flexibility index (Phi) is 4.20. The van der Waals surface area contributed by atoms with Crippen LogP contribution in [0.5, 0.6) is 0 Å². The molecule has 0 radical (unpaired) electrons. The van der Waals surface area contributed by atoms with Gasteiger partial charge in [-0.3, -0.25) is 10.1 Å². The van der Waals surface area contributed by atoms with Crippen molar-refractivity contribution in [3.63, 3.8) is 0 Å². The summed E-state index contributed by atoms with van der Waals surface area (Å²) in [6.45, 7) is 5.17. The lowest BCUT2D eigenvalue weighted by atomic mass is 10.1. The van der Waals surface area contributed by atoms with Gasteiger partial charge in [-0.25, -0.2) is 4.98 Å². The van der Waals surface area contributed by atoms with Gasteiger partial charge in [0, 0.05) is 36.7 Å². The molecule has 0 aliphatic carbocycles. The van der Waals surface area contributed by atoms with Crippen LogP contribution in [0.25, 0.3) is 10.9 Å². The molecule has 116 valence electrons. The van der Waals surface area contributed by atoms with Crippen LogP contribution in [0.1, 0.15) is 19.8 Å². The first kappa shape index (κ1) is 14.7. The molecule has 6 nitrogen and oxygen atoms in total. The molecule has 0 saturated carbocycles. The van der Waals surface area contributed by atoms with E-state index < -0.39 is 0 Å². The van der Waals surface area contributed by atoms with Gasteiger partial charge in [0.05, 0.1) is 10.4 Å². The van der Waals surface area contributed by atoms with Crippen LogP contribution in [0.2, 0.25) is 0 Å². The number of hydrogen-bond donors (Lipinski definition) is 1. The monoisotopic (exact) mass is 300 g/mol. The summed E-state index contributed by atoms with van der Waals surface area (Å²) >= 11 is 0. The van der Waals surface area contributed by atoms with Gasteiger partial charge in [-0.2, -0.15) is 0 Å². The fourth-order valence-electron chi connectivity index (χ4n) is 3.01. The standard InChI is InChI=1S/C16H20N4O2/c1-2-9-19(14-7-8-17-11-14)16-6-3-12-10-13(20(21)22)4-5-15(12)18-16/h3-6,10,14,17H,2,7-9,11H2,1H3. The molecule has 1 aromatic carbocycles. The van der Waals surface area contributed by atoms with E-state index in [4.69, 9.17) is 4.98 Å². The molecule has 1 aliphatic rings. The maximum atomic E-state index is 10.8. The van der Waals surface area contributed by atoms with E-state index in [-0.39, 0.29) is 10.6 Å². The third-order valence-electron chi connectivity index (χ3n) is 4.10. The number of fused-ring (bicyclic) bond motifs is 1. The second-order valence-corrected chi connectivity index (χ2v) is 5.64. The van der Waals surface area contributed by atoms with E-state index in [1.165, 1.54) is 6.07 Å². The first-order valence-electron chi connectivity index (χ1n) is 7.71. The van der Waals surface area contributed by atoms with Gasteiger partial charge < -0.3 is 10.2 Å². The third kappa shape index (κ3) is 2.87. The molecule has 6 heteroatoms. The predicted molar refractivity (Wildman–Crippen MR) is 87.3 cm³/mol. The molecule has 1 aromatic heterocycles. The molecule has 2 heterocycles. The lowest BCUT2D eigenvalue weighted by Gasteiger charge is -2.29. The zero-order valence-corrected chi connectivity index (χ0v) is 12.7. The maximum absolute atomic E-state index is 10.8. The van der Waals surface area contributed by atoms with Gasteiger partial charge in [0.2, 0.25) is 0 Å². The number of pyridine rings is 1. The molecule has 3 rings (SSSR count). The van der Waals surface area contributed by atoms with Crippen LogP contribution < -0.4 is 10.2 Å². The molecular formula is C16H20N4O2. The van der Waals surface area contributed by atoms with E-state index in [1.807, 2.05) is 12.1 Å². The first-order valence-corrected chi connectivity index (χ1v) is 7.71. The van der Waals surface area contributed by atoms with E-state index in [9.17, 15) is 10.1 Å². The number of aromatic nitrogens is 1. The highest BCUT2D eigenvalue weighted by molar-refractivity contribution is 5.82. The molecule has 1 N–H and O–H groups in total. The van der Waals surface area contributed by atoms with Gasteiger partial charge in [0.15, 0.2) is 0 Å². The average Bonchev–Trinajstić information content (AvgIpc) is 3.05. The van der Waals surface area contributed by atoms with E-state index in [0.29, 0.717) is 6.04 Å². The van der Waals surface area contributed by atoms with Crippen molar-refractivity contribution in [2.45, 2.75) is 25.8 Å². The van der Waals surface area contributed by atoms with Gasteiger partial charge in [-0.05, 0) is 37.6 Å². The normalized spacial score (nSPS) is 17.8. The van der Waals surface area contributed by atoms with Gasteiger partial charge >= 0.3 is 0 Å². The van der Waals surface area contributed by atoms with Crippen molar-refractivity contribution < 1.29 is 4.92 Å². The van der Waals surface area contributed by atoms with E-state index in [1.54, 1.807) is 12.1 Å². The Balaban J connectivity index is 1.95. The minimum Gasteiger partial charge on any atom is -0.352 e. The second-order valence-electron chi connectivity index (χ2n) is 5.64. The number of rotatable bonds is 5. The number of nitro groups is 1. The number of anilines is 1. The van der Waals surface area contributed by atoms with Crippen LogP contribution in [-0.2, 0) is 0 Å². The summed E-state index contributed by atoms with van der Waals surface area (Å²) < 4.78 is 0. The van der Waals surface area contributed by atoms with Crippen molar-refractivity contribution in [2.24, 2.45) is 0 Å². The minimum atomic E-state index is -0.374. The molecule has 1 saturated heterocycles. The number of nitro benzene ring substituents is 1. The SMILES string of the molecule is CCCN(c1ccc2cc([N+](=O)[O-])ccc2n1)C1CCNC1. The average molecular weight is 300 g/mol. The summed E-state index contributed by atoms with van der Waals surface area (Å²) in [4.78, 5) is 17.5. The Morgan fingerprint density at radius 2 is 2.27 bits per heavy atom. The molecule has 1 atom stereocenters. The van der Waals surface area contributed by atoms with Gasteiger partial charge in [0.25, 0.3) is 5.69 Å². The van der Waals surface area contributed by atoms with Crippen LogP contribution in [0, 0.1) is 10.1 Å². The largest absolute Gasteiger partial charge is 0.352 e. The van der Waals surface area contributed by atoms with Crippen molar-refractivity contribution in [1.29, 1.82) is 0 Å². The summed E-state index contributed by atoms with van der Waals surface area (Å²) in [5.74, 6) is 0.955. The van der Waals surface area contributed by atoms with Crippen molar-refractivity contribution >= 4 is 22.4 Å². The van der Waals surface area contributed by atoms with Crippen LogP contribution in [0.4, 0.5) is 11.5 Å². The quantitative estimate of drug-likeness (QED) is 0.679. The molecule has 1 fully saturated rings. The maximum Gasteiger partial charge on any atom is 0.270 e. The van der Waals surface area contributed by atoms with Crippen molar-refractivity contribution in [3.8, 4) is 0 Å². The minimum absolute atomic E-state index is 0.104. The Hall–Kier alpha value is -2.21. The fourth-order valence-corrected chi connectivity index (χ4v) is 3.01. The molecule has 0 spiro atoms. The highest BCUT2D eigenvalue weighted by Crippen LogP contribution is 2.24. The summed E-state index contributed by atoms with van der Waals surface area (Å²) in [5, 5.41) is 15.0. The number of benzene rings is 1. The Bertz CT molecular complexity index is 683. The number of nitrogens with one attached hydrogen (secondary N) is 1. The van der Waals surface area contributed by atoms with Gasteiger partial charge in [-0.1, -0.05) is 6.92 Å². The number of hydrogen-bond acceptors (Lipinski definition) is 5. The molecular weight excluding hydrogens is 280 g/mol. The van der Waals surface area contributed by atoms with E-state index in [2.05, 4.69) is 17.1 Å². The molecule has 0 amide bonds. The van der Waals surface area contributed by atoms with Crippen LogP contribution in [0.3, 0.4) is 0 Å². The lowest BCUT2D eigenvalue weighted by Crippen LogP contribution is -2.38. The second kappa shape index (κ2) is 6.27. The highest BCUT2D eigenvalue weighted by atomic mass is 16.6. The Morgan fingerprint density at radius 3 is 2.95 bits per heavy atom. The molecule has 0 bridgehead atoms. The summed E-state index contributed by atoms with van der Waals surface area (Å²) in [6, 6.07) is 9.19. The first-order chi connectivity index (χ1) is 10.7. The zero-order chi connectivity index (χ0) is 15.5. The van der Waals surface area contributed by atoms with Crippen LogP contribution in [0.15, 0.2) is 30.3 Å². The van der Waals surface area contributed by atoms with E-state index >= 15 is 0 Å². The molecule has 22 heavy (non-hydrogen) atoms. The Morgan fingerprint density at radius 1 is 1.41 bits per heavy atom. The van der Waals surface area contributed by atoms with Crippen molar-refractivity contribution in [3.05, 3.63) is 40.4 Å². The fraction of sp³-hybridized carbons (Fsp3) is 0.438. The summed E-state index contributed by atoms with van der Waals surface area (Å²) in [6.07, 6.45) is 2.19. The smallest absolute Gasteiger partial charge is 0.270 e. The Labute approximate surface area is 129 Å². The molecule has 1 aliphatic heterocycles. The zero-order valence-electron chi connectivity index (χ0n) is 12.7. The molecule has 1 unspecified atom stereocenters. The van der Waals surface area contributed by atoms with Crippen LogP contribution >= 0.6 is 0 Å². The molecule has 2 aromatic rings. The predicted octanol–water partition coefficient (Wildman–Crippen LogP) is 2.72. The topological polar surface area (TPSA) is 71.3 Å². The summed E-state index contributed by atoms with van der Waals surface area (Å²) in [5.41, 5.74) is 0.905. The number of non-ortho nitro benzene ring substituents is 1. The van der Waals surface area contributed by atoms with Crippen molar-refractivity contribution in [2.75, 3.05) is 24.5 Å².